The third-order valence-electron chi connectivity index (χ3n) is 3.36. The van der Waals surface area contributed by atoms with Crippen molar-refractivity contribution in [3.05, 3.63) is 17.7 Å². The molecule has 0 aliphatic carbocycles. The molecule has 0 atom stereocenters. The molecule has 0 unspecified atom stereocenters. The van der Waals surface area contributed by atoms with Gasteiger partial charge in [0.15, 0.2) is 18.1 Å². The van der Waals surface area contributed by atoms with Crippen LogP contribution in [0.1, 0.15) is 10.4 Å². The maximum Gasteiger partial charge on any atom is 0.255 e. The molecule has 2 amide bonds. The van der Waals surface area contributed by atoms with Crippen LogP contribution in [0, 0.1) is 0 Å². The summed E-state index contributed by atoms with van der Waals surface area (Å²) in [6.45, 7) is 1.77. The third-order valence-corrected chi connectivity index (χ3v) is 3.36. The molecule has 1 aliphatic rings. The van der Waals surface area contributed by atoms with Gasteiger partial charge in [0.1, 0.15) is 0 Å². The number of methoxy groups -OCH3 is 2. The normalized spacial score (nSPS) is 14.3. The lowest BCUT2D eigenvalue weighted by molar-refractivity contribution is -0.120. The number of hydrogen-bond acceptors (Lipinski definition) is 6. The third kappa shape index (κ3) is 4.04. The molecule has 8 heteroatoms. The maximum atomic E-state index is 12.6. The van der Waals surface area contributed by atoms with Gasteiger partial charge in [-0.2, -0.15) is 0 Å². The standard InChI is InChI=1S/C15H20N2O6/c1-20-11-7-10(15(19)17-3-5-22-6-4-17)8-12(21-2)14(11)23-9-13(16)18/h7-8H,3-6,9H2,1-2H3,(H2,16,18). The van der Waals surface area contributed by atoms with E-state index >= 15 is 0 Å². The topological polar surface area (TPSA) is 100 Å². The number of benzene rings is 1. The van der Waals surface area contributed by atoms with Crippen LogP contribution in [0.15, 0.2) is 12.1 Å². The molecule has 0 aromatic heterocycles. The number of amides is 2. The van der Waals surface area contributed by atoms with Gasteiger partial charge in [-0.05, 0) is 12.1 Å². The molecule has 2 rings (SSSR count). The Morgan fingerprint density at radius 1 is 1.17 bits per heavy atom. The van der Waals surface area contributed by atoms with E-state index in [1.807, 2.05) is 0 Å². The zero-order valence-electron chi connectivity index (χ0n) is 13.2. The first-order valence-electron chi connectivity index (χ1n) is 7.11. The van der Waals surface area contributed by atoms with Crippen LogP contribution in [-0.4, -0.2) is 63.8 Å². The average Bonchev–Trinajstić information content (AvgIpc) is 2.59. The van der Waals surface area contributed by atoms with Gasteiger partial charge < -0.3 is 29.6 Å². The largest absolute Gasteiger partial charge is 0.493 e. The predicted molar refractivity (Wildman–Crippen MR) is 81.0 cm³/mol. The van der Waals surface area contributed by atoms with Crippen molar-refractivity contribution in [1.82, 2.24) is 4.90 Å². The lowest BCUT2D eigenvalue weighted by Gasteiger charge is -2.27. The summed E-state index contributed by atoms with van der Waals surface area (Å²) in [5, 5.41) is 0. The fourth-order valence-corrected chi connectivity index (χ4v) is 2.24. The first-order valence-corrected chi connectivity index (χ1v) is 7.11. The summed E-state index contributed by atoms with van der Waals surface area (Å²) >= 11 is 0. The summed E-state index contributed by atoms with van der Waals surface area (Å²) in [7, 11) is 2.88. The van der Waals surface area contributed by atoms with E-state index in [0.717, 1.165) is 0 Å². The minimum Gasteiger partial charge on any atom is -0.493 e. The van der Waals surface area contributed by atoms with Crippen molar-refractivity contribution in [1.29, 1.82) is 0 Å². The fraction of sp³-hybridized carbons (Fsp3) is 0.467. The highest BCUT2D eigenvalue weighted by atomic mass is 16.5. The molecule has 2 N–H and O–H groups in total. The molecule has 0 saturated carbocycles. The number of morpholine rings is 1. The predicted octanol–water partition coefficient (Wildman–Crippen LogP) is 0.0403. The minimum absolute atomic E-state index is 0.147. The molecule has 8 nitrogen and oxygen atoms in total. The Balaban J connectivity index is 2.30. The molecule has 1 fully saturated rings. The summed E-state index contributed by atoms with van der Waals surface area (Å²) in [5.41, 5.74) is 5.49. The van der Waals surface area contributed by atoms with Crippen molar-refractivity contribution < 1.29 is 28.5 Å². The monoisotopic (exact) mass is 324 g/mol. The summed E-state index contributed by atoms with van der Waals surface area (Å²) in [6, 6.07) is 3.10. The number of primary amides is 1. The average molecular weight is 324 g/mol. The van der Waals surface area contributed by atoms with E-state index in [0.29, 0.717) is 43.4 Å². The molecule has 1 heterocycles. The van der Waals surface area contributed by atoms with Crippen LogP contribution in [0.25, 0.3) is 0 Å². The Kier molecular flexibility index (Phi) is 5.64. The maximum absolute atomic E-state index is 12.6. The van der Waals surface area contributed by atoms with Crippen molar-refractivity contribution >= 4 is 11.8 Å². The van der Waals surface area contributed by atoms with E-state index in [1.54, 1.807) is 17.0 Å². The Bertz CT molecular complexity index is 558. The minimum atomic E-state index is -0.623. The van der Waals surface area contributed by atoms with Gasteiger partial charge in [-0.1, -0.05) is 0 Å². The van der Waals surface area contributed by atoms with Gasteiger partial charge in [0.05, 0.1) is 27.4 Å². The van der Waals surface area contributed by atoms with E-state index in [9.17, 15) is 9.59 Å². The van der Waals surface area contributed by atoms with Crippen LogP contribution in [0.2, 0.25) is 0 Å². The first-order chi connectivity index (χ1) is 11.1. The number of nitrogens with zero attached hydrogens (tertiary/aromatic N) is 1. The van der Waals surface area contributed by atoms with E-state index in [4.69, 9.17) is 24.7 Å². The molecule has 1 aromatic carbocycles. The Morgan fingerprint density at radius 3 is 2.22 bits per heavy atom. The lowest BCUT2D eigenvalue weighted by atomic mass is 10.1. The van der Waals surface area contributed by atoms with Crippen LogP contribution in [0.3, 0.4) is 0 Å². The van der Waals surface area contributed by atoms with Crippen LogP contribution >= 0.6 is 0 Å². The quantitative estimate of drug-likeness (QED) is 0.793. The molecule has 1 aliphatic heterocycles. The lowest BCUT2D eigenvalue weighted by Crippen LogP contribution is -2.40. The zero-order valence-corrected chi connectivity index (χ0v) is 13.2. The zero-order chi connectivity index (χ0) is 16.8. The SMILES string of the molecule is COc1cc(C(=O)N2CCOCC2)cc(OC)c1OCC(N)=O. The highest BCUT2D eigenvalue weighted by Gasteiger charge is 2.23. The van der Waals surface area contributed by atoms with Crippen LogP contribution in [-0.2, 0) is 9.53 Å². The van der Waals surface area contributed by atoms with E-state index < -0.39 is 5.91 Å². The number of ether oxygens (including phenoxy) is 4. The number of hydrogen-bond donors (Lipinski definition) is 1. The number of nitrogens with two attached hydrogens (primary N) is 1. The Morgan fingerprint density at radius 2 is 1.74 bits per heavy atom. The second-order valence-corrected chi connectivity index (χ2v) is 4.87. The van der Waals surface area contributed by atoms with Gasteiger partial charge in [0.2, 0.25) is 5.75 Å². The van der Waals surface area contributed by atoms with Gasteiger partial charge >= 0.3 is 0 Å². The number of carbonyl (C=O) groups is 2. The van der Waals surface area contributed by atoms with E-state index in [1.165, 1.54) is 14.2 Å². The van der Waals surface area contributed by atoms with Gasteiger partial charge in [-0.15, -0.1) is 0 Å². The molecule has 23 heavy (non-hydrogen) atoms. The van der Waals surface area contributed by atoms with Crippen LogP contribution in [0.5, 0.6) is 17.2 Å². The summed E-state index contributed by atoms with van der Waals surface area (Å²) in [5.74, 6) is 0.0469. The van der Waals surface area contributed by atoms with Crippen molar-refractivity contribution in [3.8, 4) is 17.2 Å². The fourth-order valence-electron chi connectivity index (χ4n) is 2.24. The summed E-state index contributed by atoms with van der Waals surface area (Å²) < 4.78 is 21.1. The highest BCUT2D eigenvalue weighted by Crippen LogP contribution is 2.38. The second-order valence-electron chi connectivity index (χ2n) is 4.87. The smallest absolute Gasteiger partial charge is 0.255 e. The van der Waals surface area contributed by atoms with Crippen LogP contribution in [0.4, 0.5) is 0 Å². The van der Waals surface area contributed by atoms with Crippen molar-refractivity contribution in [3.63, 3.8) is 0 Å². The molecular formula is C15H20N2O6. The van der Waals surface area contributed by atoms with Crippen LogP contribution < -0.4 is 19.9 Å². The second kappa shape index (κ2) is 7.68. The van der Waals surface area contributed by atoms with E-state index in [2.05, 4.69) is 0 Å². The van der Waals surface area contributed by atoms with E-state index in [-0.39, 0.29) is 18.3 Å². The molecular weight excluding hydrogens is 304 g/mol. The molecule has 126 valence electrons. The van der Waals surface area contributed by atoms with Crippen molar-refractivity contribution in [2.75, 3.05) is 47.1 Å². The van der Waals surface area contributed by atoms with Gasteiger partial charge in [-0.3, -0.25) is 9.59 Å². The Hall–Kier alpha value is -2.48. The van der Waals surface area contributed by atoms with Crippen molar-refractivity contribution in [2.24, 2.45) is 5.73 Å². The molecule has 0 radical (unpaired) electrons. The summed E-state index contributed by atoms with van der Waals surface area (Å²) in [4.78, 5) is 25.2. The number of rotatable bonds is 6. The van der Waals surface area contributed by atoms with Crippen molar-refractivity contribution in [2.45, 2.75) is 0 Å². The first kappa shape index (κ1) is 16.9. The van der Waals surface area contributed by atoms with Gasteiger partial charge in [-0.25, -0.2) is 0 Å². The molecule has 0 spiro atoms. The Labute approximate surface area is 134 Å². The molecule has 0 bridgehead atoms. The summed E-state index contributed by atoms with van der Waals surface area (Å²) in [6.07, 6.45) is 0. The molecule has 1 aromatic rings. The number of carbonyl (C=O) groups excluding carboxylic acids is 2. The van der Waals surface area contributed by atoms with Gasteiger partial charge in [0.25, 0.3) is 11.8 Å². The van der Waals surface area contributed by atoms with Gasteiger partial charge in [0, 0.05) is 18.7 Å². The molecule has 1 saturated heterocycles. The highest BCUT2D eigenvalue weighted by molar-refractivity contribution is 5.95.